The zero-order valence-electron chi connectivity index (χ0n) is 15.3. The molecule has 1 saturated carbocycles. The van der Waals surface area contributed by atoms with Gasteiger partial charge in [0.25, 0.3) is 0 Å². The van der Waals surface area contributed by atoms with Crippen molar-refractivity contribution in [2.75, 3.05) is 7.11 Å². The Kier molecular flexibility index (Phi) is 3.73. The summed E-state index contributed by atoms with van der Waals surface area (Å²) in [5, 5.41) is 9.87. The second-order valence-corrected chi connectivity index (χ2v) is 7.18. The molecule has 0 unspecified atom stereocenters. The molecule has 7 nitrogen and oxygen atoms in total. The van der Waals surface area contributed by atoms with Crippen LogP contribution in [0.2, 0.25) is 0 Å². The highest BCUT2D eigenvalue weighted by Crippen LogP contribution is 2.41. The van der Waals surface area contributed by atoms with E-state index in [-0.39, 0.29) is 11.6 Å². The Hall–Kier alpha value is -3.19. The molecule has 1 aliphatic carbocycles. The zero-order chi connectivity index (χ0) is 19.4. The number of methoxy groups -OCH3 is 1. The van der Waals surface area contributed by atoms with Crippen molar-refractivity contribution in [3.8, 4) is 17.0 Å². The zero-order valence-corrected chi connectivity index (χ0v) is 15.3. The number of rotatable bonds is 3. The first-order valence-electron chi connectivity index (χ1n) is 9.13. The first-order valence-corrected chi connectivity index (χ1v) is 9.13. The number of nitrogens with zero attached hydrogens (tertiary/aromatic N) is 2. The lowest BCUT2D eigenvalue weighted by molar-refractivity contribution is 0.0695. The Bertz CT molecular complexity index is 1190. The van der Waals surface area contributed by atoms with Gasteiger partial charge in [0, 0.05) is 41.0 Å². The second kappa shape index (κ2) is 6.17. The lowest BCUT2D eigenvalue weighted by Crippen LogP contribution is -2.19. The lowest BCUT2D eigenvalue weighted by Gasteiger charge is -2.17. The third-order valence-electron chi connectivity index (χ3n) is 5.44. The topological polar surface area (TPSA) is 90.6 Å². The van der Waals surface area contributed by atoms with E-state index < -0.39 is 11.4 Å². The Morgan fingerprint density at radius 2 is 2.11 bits per heavy atom. The lowest BCUT2D eigenvalue weighted by atomic mass is 9.95. The fraction of sp³-hybridized carbons (Fsp3) is 0.286. The van der Waals surface area contributed by atoms with E-state index in [1.165, 1.54) is 6.20 Å². The molecule has 1 aliphatic heterocycles. The highest BCUT2D eigenvalue weighted by molar-refractivity contribution is 5.96. The Morgan fingerprint density at radius 1 is 1.29 bits per heavy atom. The van der Waals surface area contributed by atoms with E-state index in [1.54, 1.807) is 19.4 Å². The average molecular weight is 378 g/mol. The van der Waals surface area contributed by atoms with Gasteiger partial charge in [-0.2, -0.15) is 0 Å². The van der Waals surface area contributed by atoms with Crippen LogP contribution in [0, 0.1) is 0 Å². The first-order chi connectivity index (χ1) is 13.6. The molecule has 0 amide bonds. The monoisotopic (exact) mass is 378 g/mol. The van der Waals surface area contributed by atoms with Crippen molar-refractivity contribution in [3.05, 3.63) is 57.5 Å². The van der Waals surface area contributed by atoms with Crippen LogP contribution in [0.15, 0.2) is 35.4 Å². The van der Waals surface area contributed by atoms with Gasteiger partial charge in [0.1, 0.15) is 5.56 Å². The summed E-state index contributed by atoms with van der Waals surface area (Å²) in [5.74, 6) is -0.679. The molecule has 28 heavy (non-hydrogen) atoms. The molecule has 0 spiro atoms. The number of carbonyl (C=O) groups is 1. The fourth-order valence-corrected chi connectivity index (χ4v) is 3.93. The molecule has 2 aliphatic rings. The summed E-state index contributed by atoms with van der Waals surface area (Å²) < 4.78 is 13.1. The largest absolute Gasteiger partial charge is 0.481 e. The van der Waals surface area contributed by atoms with Gasteiger partial charge in [-0.05, 0) is 30.0 Å². The summed E-state index contributed by atoms with van der Waals surface area (Å²) in [7, 11) is 1.57. The van der Waals surface area contributed by atoms with E-state index >= 15 is 0 Å². The van der Waals surface area contributed by atoms with Gasteiger partial charge in [-0.25, -0.2) is 9.78 Å². The van der Waals surface area contributed by atoms with Crippen LogP contribution in [0.4, 0.5) is 0 Å². The maximum atomic E-state index is 12.8. The van der Waals surface area contributed by atoms with E-state index in [1.807, 2.05) is 16.7 Å². The van der Waals surface area contributed by atoms with E-state index in [9.17, 15) is 14.7 Å². The summed E-state index contributed by atoms with van der Waals surface area (Å²) in [5.41, 5.74) is 3.86. The summed E-state index contributed by atoms with van der Waals surface area (Å²) in [6.07, 6.45) is 5.19. The van der Waals surface area contributed by atoms with Crippen molar-refractivity contribution in [2.45, 2.75) is 32.1 Å². The Morgan fingerprint density at radius 3 is 2.82 bits per heavy atom. The Balaban J connectivity index is 1.84. The summed E-state index contributed by atoms with van der Waals surface area (Å²) >= 11 is 0. The second-order valence-electron chi connectivity index (χ2n) is 7.18. The molecule has 1 aromatic carbocycles. The summed E-state index contributed by atoms with van der Waals surface area (Å²) in [4.78, 5) is 28.7. The van der Waals surface area contributed by atoms with Crippen LogP contribution in [-0.2, 0) is 18.0 Å². The molecule has 7 heteroatoms. The van der Waals surface area contributed by atoms with Crippen LogP contribution in [-0.4, -0.2) is 27.7 Å². The minimum atomic E-state index is -1.20. The van der Waals surface area contributed by atoms with Crippen molar-refractivity contribution in [2.24, 2.45) is 0 Å². The third-order valence-corrected chi connectivity index (χ3v) is 5.44. The van der Waals surface area contributed by atoms with Crippen molar-refractivity contribution in [3.63, 3.8) is 0 Å². The molecule has 1 fully saturated rings. The number of aromatic nitrogens is 2. The van der Waals surface area contributed by atoms with E-state index in [0.29, 0.717) is 24.5 Å². The number of hydrogen-bond donors (Lipinski definition) is 1. The van der Waals surface area contributed by atoms with Crippen LogP contribution < -0.4 is 10.2 Å². The normalized spacial score (nSPS) is 15.6. The van der Waals surface area contributed by atoms with Gasteiger partial charge < -0.3 is 19.1 Å². The van der Waals surface area contributed by atoms with Gasteiger partial charge in [-0.1, -0.05) is 6.07 Å². The van der Waals surface area contributed by atoms with E-state index in [4.69, 9.17) is 9.47 Å². The van der Waals surface area contributed by atoms with Crippen LogP contribution in [0.1, 0.15) is 40.4 Å². The van der Waals surface area contributed by atoms with Gasteiger partial charge in [0.05, 0.1) is 25.8 Å². The predicted molar refractivity (Wildman–Crippen MR) is 102 cm³/mol. The molecule has 142 valence electrons. The minimum absolute atomic E-state index is 0.194. The molecule has 1 N–H and O–H groups in total. The molecule has 2 aromatic heterocycles. The minimum Gasteiger partial charge on any atom is -0.481 e. The molecule has 0 bridgehead atoms. The predicted octanol–water partition coefficient (Wildman–Crippen LogP) is 3.14. The quantitative estimate of drug-likeness (QED) is 0.753. The van der Waals surface area contributed by atoms with Gasteiger partial charge in [0.2, 0.25) is 11.3 Å². The maximum Gasteiger partial charge on any atom is 0.341 e. The van der Waals surface area contributed by atoms with Gasteiger partial charge >= 0.3 is 5.97 Å². The van der Waals surface area contributed by atoms with Crippen molar-refractivity contribution in [1.82, 2.24) is 9.55 Å². The fourth-order valence-electron chi connectivity index (χ4n) is 3.93. The highest BCUT2D eigenvalue weighted by atomic mass is 16.5. The molecular formula is C21H18N2O5. The molecular weight excluding hydrogens is 360 g/mol. The highest BCUT2D eigenvalue weighted by Gasteiger charge is 2.29. The molecule has 0 atom stereocenters. The van der Waals surface area contributed by atoms with Crippen LogP contribution >= 0.6 is 0 Å². The molecule has 3 heterocycles. The smallest absolute Gasteiger partial charge is 0.341 e. The van der Waals surface area contributed by atoms with Crippen LogP contribution in [0.25, 0.3) is 22.0 Å². The number of pyridine rings is 2. The van der Waals surface area contributed by atoms with Gasteiger partial charge in [-0.3, -0.25) is 4.79 Å². The molecule has 0 radical (unpaired) electrons. The third kappa shape index (κ3) is 2.51. The molecule has 0 saturated heterocycles. The van der Waals surface area contributed by atoms with Crippen LogP contribution in [0.3, 0.4) is 0 Å². The number of hydrogen-bond acceptors (Lipinski definition) is 5. The van der Waals surface area contributed by atoms with Crippen molar-refractivity contribution >= 4 is 16.9 Å². The van der Waals surface area contributed by atoms with E-state index in [2.05, 4.69) is 4.98 Å². The number of ether oxygens (including phenoxy) is 2. The number of benzene rings is 1. The standard InChI is InChI=1S/C21H18N2O5/c1-27-18-6-11-9-28-10-17-13(15(11)7-22-18)4-5-14-19(17)23(12-2-3-12)8-16(20(14)24)21(25)26/h4-8,12H,2-3,9-10H2,1H3,(H,25,26). The molecule has 5 rings (SSSR count). The SMILES string of the molecule is COc1cc2c(cn1)-c1ccc3c(=O)c(C(=O)O)cn(C4CC4)c3c1COC2. The maximum absolute atomic E-state index is 12.8. The number of aromatic carboxylic acids is 1. The Labute approximate surface area is 160 Å². The van der Waals surface area contributed by atoms with E-state index in [0.717, 1.165) is 40.6 Å². The van der Waals surface area contributed by atoms with Crippen molar-refractivity contribution in [1.29, 1.82) is 0 Å². The summed E-state index contributed by atoms with van der Waals surface area (Å²) in [6.45, 7) is 0.744. The van der Waals surface area contributed by atoms with Gasteiger partial charge in [-0.15, -0.1) is 0 Å². The number of carboxylic acids is 1. The van der Waals surface area contributed by atoms with Gasteiger partial charge in [0.15, 0.2) is 0 Å². The number of carboxylic acid groups (broad SMARTS) is 1. The molecule has 3 aromatic rings. The average Bonchev–Trinajstić information content (AvgIpc) is 3.54. The first kappa shape index (κ1) is 16.9. The summed E-state index contributed by atoms with van der Waals surface area (Å²) in [6, 6.07) is 5.66. The number of fused-ring (bicyclic) bond motifs is 5. The van der Waals surface area contributed by atoms with Crippen molar-refractivity contribution < 1.29 is 19.4 Å². The van der Waals surface area contributed by atoms with Crippen LogP contribution in [0.5, 0.6) is 5.88 Å².